The summed E-state index contributed by atoms with van der Waals surface area (Å²) < 4.78 is 5.17. The van der Waals surface area contributed by atoms with Gasteiger partial charge in [0.1, 0.15) is 0 Å². The second kappa shape index (κ2) is 4.22. The van der Waals surface area contributed by atoms with Crippen molar-refractivity contribution >= 4 is 11.8 Å². The Morgan fingerprint density at radius 3 is 2.67 bits per heavy atom. The Bertz CT molecular complexity index is 589. The molecule has 0 spiro atoms. The number of carbonyl (C=O) groups excluding carboxylic acids is 1. The number of carbonyl (C=O) groups is 1. The van der Waals surface area contributed by atoms with E-state index in [2.05, 4.69) is 12.1 Å². The molecular weight excluding hydrogens is 228 g/mol. The molecule has 0 fully saturated rings. The summed E-state index contributed by atoms with van der Waals surface area (Å²) in [6.45, 7) is 1.35. The molecule has 4 nitrogen and oxygen atoms in total. The quantitative estimate of drug-likeness (QED) is 0.832. The first-order valence-corrected chi connectivity index (χ1v) is 5.95. The van der Waals surface area contributed by atoms with Crippen LogP contribution in [0.4, 0.5) is 5.88 Å². The molecule has 0 bridgehead atoms. The summed E-state index contributed by atoms with van der Waals surface area (Å²) in [7, 11) is 0. The highest BCUT2D eigenvalue weighted by Gasteiger charge is 2.23. The van der Waals surface area contributed by atoms with Crippen molar-refractivity contribution in [2.75, 3.05) is 12.3 Å². The predicted octanol–water partition coefficient (Wildman–Crippen LogP) is 2.06. The van der Waals surface area contributed by atoms with E-state index < -0.39 is 0 Å². The first-order valence-electron chi connectivity index (χ1n) is 5.95. The molecule has 0 radical (unpaired) electrons. The lowest BCUT2D eigenvalue weighted by Crippen LogP contribution is -2.35. The fraction of sp³-hybridized carbons (Fsp3) is 0.214. The lowest BCUT2D eigenvalue weighted by molar-refractivity contribution is 0.0703. The SMILES string of the molecule is Nc1ccc(C(=O)N2CCc3ccccc3C2)o1. The van der Waals surface area contributed by atoms with E-state index >= 15 is 0 Å². The van der Waals surface area contributed by atoms with Gasteiger partial charge in [0.2, 0.25) is 0 Å². The average molecular weight is 242 g/mol. The number of rotatable bonds is 1. The Morgan fingerprint density at radius 1 is 1.17 bits per heavy atom. The van der Waals surface area contributed by atoms with Crippen LogP contribution in [0.3, 0.4) is 0 Å². The normalized spacial score (nSPS) is 14.3. The summed E-state index contributed by atoms with van der Waals surface area (Å²) in [6, 6.07) is 11.4. The van der Waals surface area contributed by atoms with E-state index in [9.17, 15) is 4.79 Å². The van der Waals surface area contributed by atoms with E-state index in [4.69, 9.17) is 10.2 Å². The van der Waals surface area contributed by atoms with E-state index in [1.165, 1.54) is 11.1 Å². The van der Waals surface area contributed by atoms with Gasteiger partial charge in [0, 0.05) is 19.2 Å². The molecule has 0 atom stereocenters. The third-order valence-corrected chi connectivity index (χ3v) is 3.26. The summed E-state index contributed by atoms with van der Waals surface area (Å²) in [4.78, 5) is 14.0. The number of nitrogens with two attached hydrogens (primary N) is 1. The molecule has 1 aliphatic rings. The zero-order valence-electron chi connectivity index (χ0n) is 9.93. The Kier molecular flexibility index (Phi) is 2.55. The van der Waals surface area contributed by atoms with Crippen molar-refractivity contribution in [2.45, 2.75) is 13.0 Å². The molecule has 1 aliphatic heterocycles. The van der Waals surface area contributed by atoms with Crippen LogP contribution in [0.1, 0.15) is 21.7 Å². The molecular formula is C14H14N2O2. The Hall–Kier alpha value is -2.23. The summed E-state index contributed by atoms with van der Waals surface area (Å²) in [5.74, 6) is 0.490. The van der Waals surface area contributed by atoms with E-state index in [1.807, 2.05) is 12.1 Å². The molecule has 0 saturated carbocycles. The molecule has 1 aromatic carbocycles. The fourth-order valence-electron chi connectivity index (χ4n) is 2.29. The molecule has 18 heavy (non-hydrogen) atoms. The van der Waals surface area contributed by atoms with Crippen molar-refractivity contribution in [1.29, 1.82) is 0 Å². The number of benzene rings is 1. The number of hydrogen-bond donors (Lipinski definition) is 1. The number of fused-ring (bicyclic) bond motifs is 1. The molecule has 2 N–H and O–H groups in total. The largest absolute Gasteiger partial charge is 0.436 e. The zero-order chi connectivity index (χ0) is 12.5. The topological polar surface area (TPSA) is 59.5 Å². The monoisotopic (exact) mass is 242 g/mol. The number of amides is 1. The van der Waals surface area contributed by atoms with Gasteiger partial charge in [-0.15, -0.1) is 0 Å². The maximum atomic E-state index is 12.2. The number of nitrogens with zero attached hydrogens (tertiary/aromatic N) is 1. The Labute approximate surface area is 105 Å². The van der Waals surface area contributed by atoms with Gasteiger partial charge in [-0.1, -0.05) is 24.3 Å². The van der Waals surface area contributed by atoms with Gasteiger partial charge in [0.25, 0.3) is 5.91 Å². The summed E-state index contributed by atoms with van der Waals surface area (Å²) in [6.07, 6.45) is 0.887. The minimum atomic E-state index is -0.0961. The average Bonchev–Trinajstić information content (AvgIpc) is 2.84. The molecule has 92 valence electrons. The molecule has 4 heteroatoms. The minimum Gasteiger partial charge on any atom is -0.436 e. The van der Waals surface area contributed by atoms with Crippen LogP contribution in [0.2, 0.25) is 0 Å². The number of anilines is 1. The lowest BCUT2D eigenvalue weighted by Gasteiger charge is -2.28. The first kappa shape index (κ1) is 10.9. The highest BCUT2D eigenvalue weighted by molar-refractivity contribution is 5.92. The van der Waals surface area contributed by atoms with Gasteiger partial charge < -0.3 is 15.1 Å². The van der Waals surface area contributed by atoms with Gasteiger partial charge in [-0.25, -0.2) is 0 Å². The standard InChI is InChI=1S/C14H14N2O2/c15-13-6-5-12(18-13)14(17)16-8-7-10-3-1-2-4-11(10)9-16/h1-6H,7-9,15H2. The number of hydrogen-bond acceptors (Lipinski definition) is 3. The fourth-order valence-corrected chi connectivity index (χ4v) is 2.29. The number of nitrogen functional groups attached to an aromatic ring is 1. The number of furan rings is 1. The van der Waals surface area contributed by atoms with Crippen molar-refractivity contribution in [2.24, 2.45) is 0 Å². The van der Waals surface area contributed by atoms with E-state index in [1.54, 1.807) is 17.0 Å². The van der Waals surface area contributed by atoms with Gasteiger partial charge in [-0.3, -0.25) is 4.79 Å². The smallest absolute Gasteiger partial charge is 0.289 e. The summed E-state index contributed by atoms with van der Waals surface area (Å²) in [5, 5.41) is 0. The van der Waals surface area contributed by atoms with Crippen LogP contribution in [0, 0.1) is 0 Å². The maximum absolute atomic E-state index is 12.2. The van der Waals surface area contributed by atoms with Crippen LogP contribution >= 0.6 is 0 Å². The molecule has 0 saturated heterocycles. The van der Waals surface area contributed by atoms with Crippen molar-refractivity contribution in [3.8, 4) is 0 Å². The van der Waals surface area contributed by atoms with Gasteiger partial charge in [-0.05, 0) is 23.6 Å². The van der Waals surface area contributed by atoms with Crippen molar-refractivity contribution in [3.63, 3.8) is 0 Å². The van der Waals surface area contributed by atoms with Crippen LogP contribution < -0.4 is 5.73 Å². The van der Waals surface area contributed by atoms with Gasteiger partial charge in [-0.2, -0.15) is 0 Å². The molecule has 2 aromatic rings. The first-order chi connectivity index (χ1) is 8.74. The molecule has 1 amide bonds. The molecule has 0 aliphatic carbocycles. The molecule has 2 heterocycles. The van der Waals surface area contributed by atoms with Crippen LogP contribution in [0.25, 0.3) is 0 Å². The molecule has 1 aromatic heterocycles. The third kappa shape index (κ3) is 1.86. The Morgan fingerprint density at radius 2 is 1.94 bits per heavy atom. The van der Waals surface area contributed by atoms with Crippen LogP contribution in [-0.4, -0.2) is 17.4 Å². The summed E-state index contributed by atoms with van der Waals surface area (Å²) in [5.41, 5.74) is 8.01. The van der Waals surface area contributed by atoms with E-state index in [0.717, 1.165) is 13.0 Å². The highest BCUT2D eigenvalue weighted by atomic mass is 16.4. The zero-order valence-corrected chi connectivity index (χ0v) is 9.93. The maximum Gasteiger partial charge on any atom is 0.289 e. The second-order valence-corrected chi connectivity index (χ2v) is 4.45. The lowest BCUT2D eigenvalue weighted by atomic mass is 10.00. The Balaban J connectivity index is 1.82. The van der Waals surface area contributed by atoms with Crippen molar-refractivity contribution in [1.82, 2.24) is 4.90 Å². The second-order valence-electron chi connectivity index (χ2n) is 4.45. The third-order valence-electron chi connectivity index (χ3n) is 3.26. The van der Waals surface area contributed by atoms with Crippen LogP contribution in [0.5, 0.6) is 0 Å². The van der Waals surface area contributed by atoms with Crippen LogP contribution in [-0.2, 0) is 13.0 Å². The molecule has 0 unspecified atom stereocenters. The summed E-state index contributed by atoms with van der Waals surface area (Å²) >= 11 is 0. The predicted molar refractivity (Wildman–Crippen MR) is 68.0 cm³/mol. The van der Waals surface area contributed by atoms with Gasteiger partial charge >= 0.3 is 0 Å². The highest BCUT2D eigenvalue weighted by Crippen LogP contribution is 2.21. The molecule has 3 rings (SSSR count). The van der Waals surface area contributed by atoms with Crippen LogP contribution in [0.15, 0.2) is 40.8 Å². The van der Waals surface area contributed by atoms with E-state index in [0.29, 0.717) is 12.3 Å². The minimum absolute atomic E-state index is 0.0961. The van der Waals surface area contributed by atoms with E-state index in [-0.39, 0.29) is 11.8 Å². The van der Waals surface area contributed by atoms with Gasteiger partial charge in [0.05, 0.1) is 0 Å². The van der Waals surface area contributed by atoms with Crippen molar-refractivity contribution < 1.29 is 9.21 Å². The van der Waals surface area contributed by atoms with Gasteiger partial charge in [0.15, 0.2) is 11.6 Å². The van der Waals surface area contributed by atoms with Crippen molar-refractivity contribution in [3.05, 3.63) is 53.3 Å².